The number of ether oxygens (including phenoxy) is 1. The van der Waals surface area contributed by atoms with Crippen LogP contribution in [-0.4, -0.2) is 49.6 Å². The molecule has 2 saturated heterocycles. The van der Waals surface area contributed by atoms with E-state index < -0.39 is 40.5 Å². The Bertz CT molecular complexity index is 451. The molecule has 5 rings (SSSR count). The summed E-state index contributed by atoms with van der Waals surface area (Å²) in [7, 11) is 0. The molecule has 4 N–H and O–H groups in total. The van der Waals surface area contributed by atoms with Crippen molar-refractivity contribution < 1.29 is 25.2 Å². The molecule has 108 valence electrons. The lowest BCUT2D eigenvalue weighted by Gasteiger charge is -2.72. The number of aliphatic hydroxyl groups is 4. The van der Waals surface area contributed by atoms with Gasteiger partial charge in [-0.05, 0) is 32.1 Å². The van der Waals surface area contributed by atoms with Crippen LogP contribution in [0.2, 0.25) is 0 Å². The van der Waals surface area contributed by atoms with Gasteiger partial charge in [0.1, 0.15) is 6.10 Å². The molecule has 19 heavy (non-hydrogen) atoms. The standard InChI is InChI=1S/C14H22O5/c1-7-3-4-13(17)8-5-14(18)10(15)12(7,13)6-9(19-14)11(8,2)16/h7-10,15-18H,3-6H2,1-2H3/t7-,8-,9-,10-,11-,12+,13+,14-/m1/s1. The molecule has 5 nitrogen and oxygen atoms in total. The molecule has 0 amide bonds. The summed E-state index contributed by atoms with van der Waals surface area (Å²) in [6.45, 7) is 3.71. The fourth-order valence-electron chi connectivity index (χ4n) is 5.77. The maximum absolute atomic E-state index is 11.2. The van der Waals surface area contributed by atoms with Crippen LogP contribution in [-0.2, 0) is 4.74 Å². The van der Waals surface area contributed by atoms with Crippen LogP contribution >= 0.6 is 0 Å². The molecule has 0 unspecified atom stereocenters. The Labute approximate surface area is 112 Å². The molecule has 4 bridgehead atoms. The number of hydrogen-bond donors (Lipinski definition) is 4. The molecular formula is C14H22O5. The van der Waals surface area contributed by atoms with Crippen LogP contribution in [0.4, 0.5) is 0 Å². The first kappa shape index (κ1) is 12.5. The first-order valence-corrected chi connectivity index (χ1v) is 7.21. The number of hydrogen-bond acceptors (Lipinski definition) is 5. The molecule has 0 aromatic heterocycles. The van der Waals surface area contributed by atoms with Gasteiger partial charge in [-0.25, -0.2) is 0 Å². The minimum Gasteiger partial charge on any atom is -0.389 e. The molecular weight excluding hydrogens is 248 g/mol. The molecule has 0 aromatic carbocycles. The summed E-state index contributed by atoms with van der Waals surface area (Å²) in [4.78, 5) is 0. The zero-order chi connectivity index (χ0) is 13.8. The van der Waals surface area contributed by atoms with Crippen LogP contribution in [0, 0.1) is 17.3 Å². The van der Waals surface area contributed by atoms with E-state index in [9.17, 15) is 20.4 Å². The van der Waals surface area contributed by atoms with E-state index in [4.69, 9.17) is 4.74 Å². The second-order valence-electron chi connectivity index (χ2n) is 7.44. The van der Waals surface area contributed by atoms with E-state index >= 15 is 0 Å². The third kappa shape index (κ3) is 1.03. The highest BCUT2D eigenvalue weighted by atomic mass is 16.7. The SMILES string of the molecule is C[C@@H]1CC[C@]2(O)[C@@H]3C[C@@]4(O)O[C@H](C[C@@]12[C@H]4O)[C@]3(C)O. The van der Waals surface area contributed by atoms with Gasteiger partial charge in [0.05, 0.1) is 17.3 Å². The van der Waals surface area contributed by atoms with Crippen molar-refractivity contribution in [3.63, 3.8) is 0 Å². The van der Waals surface area contributed by atoms with E-state index in [2.05, 4.69) is 0 Å². The van der Waals surface area contributed by atoms with E-state index in [0.29, 0.717) is 12.8 Å². The van der Waals surface area contributed by atoms with Gasteiger partial charge in [0.2, 0.25) is 0 Å². The van der Waals surface area contributed by atoms with Crippen LogP contribution in [0.5, 0.6) is 0 Å². The fraction of sp³-hybridized carbons (Fsp3) is 1.00. The molecule has 0 radical (unpaired) electrons. The third-order valence-corrected chi connectivity index (χ3v) is 6.86. The van der Waals surface area contributed by atoms with Crippen LogP contribution in [0.1, 0.15) is 39.5 Å². The predicted octanol–water partition coefficient (Wildman–Crippen LogP) is -0.243. The van der Waals surface area contributed by atoms with Crippen molar-refractivity contribution in [3.8, 4) is 0 Å². The molecule has 2 heterocycles. The van der Waals surface area contributed by atoms with Gasteiger partial charge in [-0.2, -0.15) is 0 Å². The summed E-state index contributed by atoms with van der Waals surface area (Å²) in [6.07, 6.45) is 0.310. The van der Waals surface area contributed by atoms with Gasteiger partial charge in [-0.3, -0.25) is 0 Å². The molecule has 1 spiro atoms. The second-order valence-corrected chi connectivity index (χ2v) is 7.44. The summed E-state index contributed by atoms with van der Waals surface area (Å²) in [6, 6.07) is 0. The molecule has 3 saturated carbocycles. The normalized spacial score (nSPS) is 70.4. The summed E-state index contributed by atoms with van der Waals surface area (Å²) in [5.74, 6) is -1.93. The van der Waals surface area contributed by atoms with E-state index in [0.717, 1.165) is 6.42 Å². The van der Waals surface area contributed by atoms with Crippen molar-refractivity contribution in [1.82, 2.24) is 0 Å². The fourth-order valence-corrected chi connectivity index (χ4v) is 5.77. The third-order valence-electron chi connectivity index (χ3n) is 6.86. The lowest BCUT2D eigenvalue weighted by Crippen LogP contribution is -2.84. The van der Waals surface area contributed by atoms with Gasteiger partial charge in [-0.1, -0.05) is 6.92 Å². The minimum atomic E-state index is -1.61. The number of aliphatic hydroxyl groups excluding tert-OH is 1. The average Bonchev–Trinajstić information content (AvgIpc) is 2.56. The average molecular weight is 270 g/mol. The highest BCUT2D eigenvalue weighted by Gasteiger charge is 2.82. The molecule has 5 heteroatoms. The van der Waals surface area contributed by atoms with Crippen LogP contribution in [0.25, 0.3) is 0 Å². The Morgan fingerprint density at radius 2 is 1.84 bits per heavy atom. The lowest BCUT2D eigenvalue weighted by molar-refractivity contribution is -0.457. The van der Waals surface area contributed by atoms with Crippen molar-refractivity contribution in [1.29, 1.82) is 0 Å². The topological polar surface area (TPSA) is 90.2 Å². The van der Waals surface area contributed by atoms with Gasteiger partial charge < -0.3 is 25.2 Å². The van der Waals surface area contributed by atoms with Crippen LogP contribution in [0.3, 0.4) is 0 Å². The van der Waals surface area contributed by atoms with Gasteiger partial charge in [0, 0.05) is 17.8 Å². The van der Waals surface area contributed by atoms with Gasteiger partial charge in [0.25, 0.3) is 0 Å². The summed E-state index contributed by atoms with van der Waals surface area (Å²) in [5.41, 5.74) is -2.98. The Morgan fingerprint density at radius 3 is 2.53 bits per heavy atom. The Kier molecular flexibility index (Phi) is 1.99. The van der Waals surface area contributed by atoms with Crippen molar-refractivity contribution in [2.24, 2.45) is 17.3 Å². The lowest BCUT2D eigenvalue weighted by atomic mass is 9.43. The summed E-state index contributed by atoms with van der Waals surface area (Å²) in [5, 5.41) is 43.2. The zero-order valence-corrected chi connectivity index (χ0v) is 11.3. The van der Waals surface area contributed by atoms with E-state index in [1.54, 1.807) is 6.92 Å². The van der Waals surface area contributed by atoms with E-state index in [-0.39, 0.29) is 12.3 Å². The second kappa shape index (κ2) is 3.02. The molecule has 3 aliphatic carbocycles. The molecule has 5 aliphatic rings. The summed E-state index contributed by atoms with van der Waals surface area (Å²) < 4.78 is 5.58. The van der Waals surface area contributed by atoms with Crippen molar-refractivity contribution in [2.45, 2.75) is 68.7 Å². The molecule has 5 fully saturated rings. The van der Waals surface area contributed by atoms with Gasteiger partial charge in [-0.15, -0.1) is 0 Å². The maximum atomic E-state index is 11.2. The van der Waals surface area contributed by atoms with Crippen molar-refractivity contribution in [3.05, 3.63) is 0 Å². The molecule has 2 aliphatic heterocycles. The van der Waals surface area contributed by atoms with Crippen LogP contribution in [0.15, 0.2) is 0 Å². The van der Waals surface area contributed by atoms with Gasteiger partial charge >= 0.3 is 0 Å². The van der Waals surface area contributed by atoms with Crippen molar-refractivity contribution >= 4 is 0 Å². The maximum Gasteiger partial charge on any atom is 0.193 e. The minimum absolute atomic E-state index is 0.0998. The smallest absolute Gasteiger partial charge is 0.193 e. The quantitative estimate of drug-likeness (QED) is 0.487. The monoisotopic (exact) mass is 270 g/mol. The largest absolute Gasteiger partial charge is 0.389 e. The Hall–Kier alpha value is -0.200. The van der Waals surface area contributed by atoms with Crippen molar-refractivity contribution in [2.75, 3.05) is 0 Å². The Balaban J connectivity index is 1.96. The predicted molar refractivity (Wildman–Crippen MR) is 65.0 cm³/mol. The first-order valence-electron chi connectivity index (χ1n) is 7.21. The highest BCUT2D eigenvalue weighted by Crippen LogP contribution is 2.72. The molecule has 8 atom stereocenters. The zero-order valence-electron chi connectivity index (χ0n) is 11.3. The Morgan fingerprint density at radius 1 is 1.16 bits per heavy atom. The first-order chi connectivity index (χ1) is 8.68. The van der Waals surface area contributed by atoms with E-state index in [1.807, 2.05) is 6.92 Å². The number of rotatable bonds is 0. The van der Waals surface area contributed by atoms with E-state index in [1.165, 1.54) is 0 Å². The highest BCUT2D eigenvalue weighted by molar-refractivity contribution is 5.29. The summed E-state index contributed by atoms with van der Waals surface area (Å²) >= 11 is 0. The van der Waals surface area contributed by atoms with Gasteiger partial charge in [0.15, 0.2) is 5.79 Å². The molecule has 0 aromatic rings. The van der Waals surface area contributed by atoms with Crippen LogP contribution < -0.4 is 0 Å².